The van der Waals surface area contributed by atoms with E-state index in [1.54, 1.807) is 13.2 Å². The van der Waals surface area contributed by atoms with Crippen LogP contribution in [0.5, 0.6) is 11.5 Å². The lowest BCUT2D eigenvalue weighted by Gasteiger charge is -2.21. The maximum atomic E-state index is 12.1. The zero-order chi connectivity index (χ0) is 21.9. The van der Waals surface area contributed by atoms with E-state index in [1.165, 1.54) is 38.2 Å². The van der Waals surface area contributed by atoms with Gasteiger partial charge in [0.2, 0.25) is 5.91 Å². The van der Waals surface area contributed by atoms with Gasteiger partial charge in [-0.2, -0.15) is 0 Å². The van der Waals surface area contributed by atoms with Gasteiger partial charge < -0.3 is 14.8 Å². The van der Waals surface area contributed by atoms with Crippen molar-refractivity contribution in [2.45, 2.75) is 38.5 Å². The molecule has 164 valence electrons. The first-order valence-electron chi connectivity index (χ1n) is 10.8. The number of anilines is 1. The Morgan fingerprint density at radius 2 is 1.84 bits per heavy atom. The minimum atomic E-state index is -0.314. The fourth-order valence-electron chi connectivity index (χ4n) is 3.74. The summed E-state index contributed by atoms with van der Waals surface area (Å²) in [4.78, 5) is 12.1. The minimum Gasteiger partial charge on any atom is -0.496 e. The van der Waals surface area contributed by atoms with Crippen LogP contribution >= 0.6 is 12.2 Å². The highest BCUT2D eigenvalue weighted by Crippen LogP contribution is 2.26. The highest BCUT2D eigenvalue weighted by atomic mass is 32.1. The zero-order valence-corrected chi connectivity index (χ0v) is 18.8. The van der Waals surface area contributed by atoms with Crippen molar-refractivity contribution in [1.82, 2.24) is 5.32 Å². The van der Waals surface area contributed by atoms with Gasteiger partial charge in [-0.25, -0.2) is 0 Å². The number of rotatable bonds is 8. The van der Waals surface area contributed by atoms with Crippen molar-refractivity contribution in [2.75, 3.05) is 19.0 Å². The van der Waals surface area contributed by atoms with Gasteiger partial charge in [0, 0.05) is 17.3 Å². The van der Waals surface area contributed by atoms with Gasteiger partial charge in [-0.1, -0.05) is 50.3 Å². The summed E-state index contributed by atoms with van der Waals surface area (Å²) >= 11 is 5.23. The van der Waals surface area contributed by atoms with E-state index in [9.17, 15) is 4.79 Å². The average Bonchev–Trinajstić information content (AvgIpc) is 2.79. The summed E-state index contributed by atoms with van der Waals surface area (Å²) in [5, 5.41) is 5.89. The molecule has 2 aromatic carbocycles. The van der Waals surface area contributed by atoms with E-state index in [0.29, 0.717) is 5.75 Å². The lowest BCUT2D eigenvalue weighted by atomic mass is 9.87. The number of thiocarbonyl (C=S) groups is 1. The lowest BCUT2D eigenvalue weighted by molar-refractivity contribution is -0.115. The van der Waals surface area contributed by atoms with Crippen LogP contribution in [0.1, 0.15) is 44.1 Å². The fourth-order valence-corrected chi connectivity index (χ4v) is 3.96. The van der Waals surface area contributed by atoms with Gasteiger partial charge in [-0.05, 0) is 61.0 Å². The number of carbonyl (C=O) groups is 1. The molecule has 31 heavy (non-hydrogen) atoms. The summed E-state index contributed by atoms with van der Waals surface area (Å²) < 4.78 is 11.1. The van der Waals surface area contributed by atoms with E-state index < -0.39 is 0 Å². The van der Waals surface area contributed by atoms with E-state index in [1.807, 2.05) is 48.5 Å². The van der Waals surface area contributed by atoms with Crippen molar-refractivity contribution in [2.24, 2.45) is 5.92 Å². The van der Waals surface area contributed by atoms with Gasteiger partial charge in [0.05, 0.1) is 13.7 Å². The van der Waals surface area contributed by atoms with Gasteiger partial charge in [0.25, 0.3) is 0 Å². The monoisotopic (exact) mass is 438 g/mol. The van der Waals surface area contributed by atoms with Gasteiger partial charge in [-0.3, -0.25) is 10.1 Å². The number of ether oxygens (including phenoxy) is 2. The SMILES string of the molecule is COc1ccccc1/C=C/C(=O)NC(=S)Nc1ccc(OCCC2CCCCC2)cc1. The normalized spacial score (nSPS) is 14.2. The van der Waals surface area contributed by atoms with Crippen LogP contribution in [0.15, 0.2) is 54.6 Å². The third-order valence-corrected chi connectivity index (χ3v) is 5.63. The molecule has 1 aliphatic rings. The van der Waals surface area contributed by atoms with Gasteiger partial charge in [0.15, 0.2) is 5.11 Å². The number of hydrogen-bond acceptors (Lipinski definition) is 4. The molecule has 1 amide bonds. The number of nitrogens with one attached hydrogen (secondary N) is 2. The number of carbonyl (C=O) groups excluding carboxylic acids is 1. The Balaban J connectivity index is 1.41. The molecule has 0 heterocycles. The standard InChI is InChI=1S/C25H30N2O3S/c1-29-23-10-6-5-9-20(23)11-16-24(28)27-25(31)26-21-12-14-22(15-13-21)30-18-17-19-7-3-2-4-8-19/h5-6,9-16,19H,2-4,7-8,17-18H2,1H3,(H2,26,27,28,31)/b16-11+. The number of hydrogen-bond donors (Lipinski definition) is 2. The number of para-hydroxylation sites is 1. The van der Waals surface area contributed by atoms with Crippen LogP contribution in [0.4, 0.5) is 5.69 Å². The maximum Gasteiger partial charge on any atom is 0.250 e. The molecule has 3 rings (SSSR count). The molecule has 1 aliphatic carbocycles. The second-order valence-electron chi connectivity index (χ2n) is 7.68. The summed E-state index contributed by atoms with van der Waals surface area (Å²) in [7, 11) is 1.60. The molecule has 5 nitrogen and oxygen atoms in total. The van der Waals surface area contributed by atoms with Crippen LogP contribution in [-0.2, 0) is 4.79 Å². The molecule has 0 unspecified atom stereocenters. The molecule has 0 atom stereocenters. The van der Waals surface area contributed by atoms with Crippen molar-refractivity contribution in [3.8, 4) is 11.5 Å². The van der Waals surface area contributed by atoms with Crippen molar-refractivity contribution in [1.29, 1.82) is 0 Å². The Bertz CT molecular complexity index is 890. The molecule has 0 bridgehead atoms. The zero-order valence-electron chi connectivity index (χ0n) is 17.9. The van der Waals surface area contributed by atoms with Gasteiger partial charge in [-0.15, -0.1) is 0 Å². The smallest absolute Gasteiger partial charge is 0.250 e. The lowest BCUT2D eigenvalue weighted by Crippen LogP contribution is -2.32. The van der Waals surface area contributed by atoms with Crippen molar-refractivity contribution in [3.05, 3.63) is 60.2 Å². The Labute approximate surface area is 189 Å². The summed E-state index contributed by atoms with van der Waals surface area (Å²) in [6.45, 7) is 0.754. The summed E-state index contributed by atoms with van der Waals surface area (Å²) in [5.41, 5.74) is 1.61. The molecule has 0 aliphatic heterocycles. The topological polar surface area (TPSA) is 59.6 Å². The van der Waals surface area contributed by atoms with Crippen molar-refractivity contribution in [3.63, 3.8) is 0 Å². The molecule has 0 spiro atoms. The number of methoxy groups -OCH3 is 1. The first-order valence-corrected chi connectivity index (χ1v) is 11.2. The number of benzene rings is 2. The molecule has 0 radical (unpaired) electrons. The molecule has 1 saturated carbocycles. The summed E-state index contributed by atoms with van der Waals surface area (Å²) in [6, 6.07) is 15.1. The van der Waals surface area contributed by atoms with Crippen molar-refractivity contribution < 1.29 is 14.3 Å². The van der Waals surface area contributed by atoms with E-state index in [0.717, 1.165) is 35.9 Å². The van der Waals surface area contributed by atoms with E-state index in [2.05, 4.69) is 10.6 Å². The minimum absolute atomic E-state index is 0.237. The second-order valence-corrected chi connectivity index (χ2v) is 8.09. The average molecular weight is 439 g/mol. The molecule has 0 aromatic heterocycles. The second kappa shape index (κ2) is 12.1. The van der Waals surface area contributed by atoms with Gasteiger partial charge in [0.1, 0.15) is 11.5 Å². The summed E-state index contributed by atoms with van der Waals surface area (Å²) in [6.07, 6.45) is 11.0. The van der Waals surface area contributed by atoms with Crippen LogP contribution in [0.25, 0.3) is 6.08 Å². The van der Waals surface area contributed by atoms with Crippen LogP contribution < -0.4 is 20.1 Å². The first-order chi connectivity index (χ1) is 15.1. The van der Waals surface area contributed by atoms with E-state index in [4.69, 9.17) is 21.7 Å². The fraction of sp³-hybridized carbons (Fsp3) is 0.360. The predicted octanol–water partition coefficient (Wildman–Crippen LogP) is 5.57. The quantitative estimate of drug-likeness (QED) is 0.417. The Hall–Kier alpha value is -2.86. The molecule has 6 heteroatoms. The Kier molecular flexibility index (Phi) is 8.91. The molecule has 0 saturated heterocycles. The number of amides is 1. The van der Waals surface area contributed by atoms with Gasteiger partial charge >= 0.3 is 0 Å². The highest BCUT2D eigenvalue weighted by Gasteiger charge is 2.13. The highest BCUT2D eigenvalue weighted by molar-refractivity contribution is 7.80. The largest absolute Gasteiger partial charge is 0.496 e. The Morgan fingerprint density at radius 1 is 1.10 bits per heavy atom. The third kappa shape index (κ3) is 7.72. The van der Waals surface area contributed by atoms with E-state index in [-0.39, 0.29) is 11.0 Å². The first kappa shape index (κ1) is 22.8. The predicted molar refractivity (Wildman–Crippen MR) is 130 cm³/mol. The van der Waals surface area contributed by atoms with Crippen molar-refractivity contribution >= 4 is 35.0 Å². The van der Waals surface area contributed by atoms with E-state index >= 15 is 0 Å². The maximum absolute atomic E-state index is 12.1. The molecule has 1 fully saturated rings. The molecular formula is C25H30N2O3S. The van der Waals surface area contributed by atoms with Crippen LogP contribution in [0.3, 0.4) is 0 Å². The third-order valence-electron chi connectivity index (χ3n) is 5.42. The summed E-state index contributed by atoms with van der Waals surface area (Å²) in [5.74, 6) is 2.04. The molecule has 2 N–H and O–H groups in total. The van der Waals surface area contributed by atoms with Crippen LogP contribution in [-0.4, -0.2) is 24.7 Å². The molecular weight excluding hydrogens is 408 g/mol. The Morgan fingerprint density at radius 3 is 2.58 bits per heavy atom. The van der Waals surface area contributed by atoms with Crippen LogP contribution in [0.2, 0.25) is 0 Å². The van der Waals surface area contributed by atoms with Crippen LogP contribution in [0, 0.1) is 5.92 Å². The molecule has 2 aromatic rings.